The van der Waals surface area contributed by atoms with Crippen molar-refractivity contribution in [2.75, 3.05) is 23.3 Å². The van der Waals surface area contributed by atoms with E-state index >= 15 is 0 Å². The van der Waals surface area contributed by atoms with Crippen molar-refractivity contribution in [3.63, 3.8) is 0 Å². The van der Waals surface area contributed by atoms with Crippen molar-refractivity contribution in [3.05, 3.63) is 23.8 Å². The Kier molecular flexibility index (Phi) is 2.74. The van der Waals surface area contributed by atoms with Crippen molar-refractivity contribution in [1.82, 2.24) is 5.32 Å². The number of carbonyl (C=O) groups is 1. The summed E-state index contributed by atoms with van der Waals surface area (Å²) in [5.41, 5.74) is 3.58. The number of hydrogen-bond donors (Lipinski definition) is 2. The number of hydrogen-bond acceptors (Lipinski definition) is 3. The number of amides is 1. The summed E-state index contributed by atoms with van der Waals surface area (Å²) in [5, 5.41) is 6.34. The fraction of sp³-hybridized carbons (Fsp3) is 0.500. The summed E-state index contributed by atoms with van der Waals surface area (Å²) >= 11 is 0. The van der Waals surface area contributed by atoms with Crippen molar-refractivity contribution < 1.29 is 4.79 Å². The number of piperazine rings is 1. The van der Waals surface area contributed by atoms with Crippen molar-refractivity contribution in [2.45, 2.75) is 32.4 Å². The Morgan fingerprint density at radius 2 is 2.28 bits per heavy atom. The number of nitrogens with zero attached hydrogens (tertiary/aromatic N) is 1. The molecule has 1 fully saturated rings. The molecular formula is C14H19N3O. The fourth-order valence-electron chi connectivity index (χ4n) is 3.13. The first-order valence-electron chi connectivity index (χ1n) is 6.54. The maximum Gasteiger partial charge on any atom is 0.221 e. The van der Waals surface area contributed by atoms with Crippen LogP contribution >= 0.6 is 0 Å². The largest absolute Gasteiger partial charge is 0.363 e. The molecule has 3 rings (SSSR count). The topological polar surface area (TPSA) is 44.4 Å². The third-order valence-corrected chi connectivity index (χ3v) is 3.83. The molecule has 2 heterocycles. The van der Waals surface area contributed by atoms with E-state index in [4.69, 9.17) is 0 Å². The van der Waals surface area contributed by atoms with Gasteiger partial charge in [0.1, 0.15) is 0 Å². The molecule has 0 aromatic heterocycles. The molecule has 2 aliphatic heterocycles. The van der Waals surface area contributed by atoms with Gasteiger partial charge in [-0.05, 0) is 31.0 Å². The third kappa shape index (κ3) is 1.86. The van der Waals surface area contributed by atoms with Gasteiger partial charge in [-0.1, -0.05) is 6.07 Å². The van der Waals surface area contributed by atoms with E-state index in [0.717, 1.165) is 25.2 Å². The average Bonchev–Trinajstić information content (AvgIpc) is 2.67. The van der Waals surface area contributed by atoms with Crippen molar-refractivity contribution in [2.24, 2.45) is 0 Å². The van der Waals surface area contributed by atoms with E-state index in [0.29, 0.717) is 12.1 Å². The Morgan fingerprint density at radius 1 is 1.44 bits per heavy atom. The van der Waals surface area contributed by atoms with Crippen LogP contribution in [0.5, 0.6) is 0 Å². The second kappa shape index (κ2) is 4.28. The first-order valence-corrected chi connectivity index (χ1v) is 6.54. The van der Waals surface area contributed by atoms with E-state index in [1.54, 1.807) is 6.92 Å². The zero-order chi connectivity index (χ0) is 12.7. The Labute approximate surface area is 107 Å². The molecule has 1 saturated heterocycles. The molecule has 4 heteroatoms. The monoisotopic (exact) mass is 245 g/mol. The summed E-state index contributed by atoms with van der Waals surface area (Å²) in [6, 6.07) is 7.33. The molecule has 1 amide bonds. The molecule has 2 N–H and O–H groups in total. The van der Waals surface area contributed by atoms with Gasteiger partial charge < -0.3 is 15.5 Å². The van der Waals surface area contributed by atoms with Crippen LogP contribution in [0.15, 0.2) is 18.2 Å². The molecule has 2 atom stereocenters. The lowest BCUT2D eigenvalue weighted by atomic mass is 10.1. The SMILES string of the molecule is CC(=O)Nc1ccc2c(c1)N1C(C)CNC[C@H]1C2. The Morgan fingerprint density at radius 3 is 3.06 bits per heavy atom. The summed E-state index contributed by atoms with van der Waals surface area (Å²) in [7, 11) is 0. The van der Waals surface area contributed by atoms with Crippen LogP contribution in [0.3, 0.4) is 0 Å². The highest BCUT2D eigenvalue weighted by atomic mass is 16.1. The molecule has 0 aliphatic carbocycles. The van der Waals surface area contributed by atoms with Crippen LogP contribution in [0.1, 0.15) is 19.4 Å². The fourth-order valence-corrected chi connectivity index (χ4v) is 3.13. The molecule has 4 nitrogen and oxygen atoms in total. The number of rotatable bonds is 1. The molecular weight excluding hydrogens is 226 g/mol. The van der Waals surface area contributed by atoms with Crippen LogP contribution in [-0.4, -0.2) is 31.1 Å². The van der Waals surface area contributed by atoms with Crippen LogP contribution in [0, 0.1) is 0 Å². The minimum absolute atomic E-state index is 0.0159. The molecule has 0 spiro atoms. The summed E-state index contributed by atoms with van der Waals surface area (Å²) in [5.74, 6) is -0.0159. The normalized spacial score (nSPS) is 25.6. The quantitative estimate of drug-likeness (QED) is 0.785. The number of anilines is 2. The van der Waals surface area contributed by atoms with Crippen molar-refractivity contribution in [3.8, 4) is 0 Å². The Balaban J connectivity index is 1.94. The lowest BCUT2D eigenvalue weighted by Crippen LogP contribution is -2.54. The zero-order valence-corrected chi connectivity index (χ0v) is 10.9. The van der Waals surface area contributed by atoms with Gasteiger partial charge in [0.05, 0.1) is 0 Å². The first-order chi connectivity index (χ1) is 8.65. The second-order valence-corrected chi connectivity index (χ2v) is 5.30. The van der Waals surface area contributed by atoms with Crippen molar-refractivity contribution in [1.29, 1.82) is 0 Å². The Hall–Kier alpha value is -1.55. The van der Waals surface area contributed by atoms with Gasteiger partial charge in [-0.2, -0.15) is 0 Å². The predicted molar refractivity (Wildman–Crippen MR) is 73.0 cm³/mol. The molecule has 1 aromatic rings. The van der Waals surface area contributed by atoms with Crippen LogP contribution in [0.4, 0.5) is 11.4 Å². The molecule has 18 heavy (non-hydrogen) atoms. The molecule has 1 aromatic carbocycles. The second-order valence-electron chi connectivity index (χ2n) is 5.30. The minimum Gasteiger partial charge on any atom is -0.363 e. The molecule has 0 bridgehead atoms. The van der Waals surface area contributed by atoms with E-state index in [1.165, 1.54) is 11.3 Å². The van der Waals surface area contributed by atoms with E-state index in [9.17, 15) is 4.79 Å². The maximum atomic E-state index is 11.1. The minimum atomic E-state index is -0.0159. The van der Waals surface area contributed by atoms with E-state index in [-0.39, 0.29) is 5.91 Å². The summed E-state index contributed by atoms with van der Waals surface area (Å²) in [6.07, 6.45) is 1.10. The third-order valence-electron chi connectivity index (χ3n) is 3.83. The molecule has 0 radical (unpaired) electrons. The van der Waals surface area contributed by atoms with Gasteiger partial charge in [-0.3, -0.25) is 4.79 Å². The van der Waals surface area contributed by atoms with Gasteiger partial charge in [-0.15, -0.1) is 0 Å². The lowest BCUT2D eigenvalue weighted by Gasteiger charge is -2.38. The maximum absolute atomic E-state index is 11.1. The van der Waals surface area contributed by atoms with Crippen molar-refractivity contribution >= 4 is 17.3 Å². The van der Waals surface area contributed by atoms with Crippen LogP contribution in [-0.2, 0) is 11.2 Å². The standard InChI is InChI=1S/C14H19N3O/c1-9-7-15-8-13-5-11-3-4-12(16-10(2)18)6-14(11)17(9)13/h3-4,6,9,13,15H,5,7-8H2,1-2H3,(H,16,18)/t9?,13-/m1/s1. The van der Waals surface area contributed by atoms with Gasteiger partial charge in [0, 0.05) is 43.5 Å². The Bertz CT molecular complexity index is 486. The highest BCUT2D eigenvalue weighted by Crippen LogP contribution is 2.36. The number of nitrogens with one attached hydrogen (secondary N) is 2. The van der Waals surface area contributed by atoms with Gasteiger partial charge in [0.2, 0.25) is 5.91 Å². The van der Waals surface area contributed by atoms with E-state index in [1.807, 2.05) is 6.07 Å². The summed E-state index contributed by atoms with van der Waals surface area (Å²) in [6.45, 7) is 5.87. The summed E-state index contributed by atoms with van der Waals surface area (Å²) < 4.78 is 0. The number of benzene rings is 1. The molecule has 96 valence electrons. The predicted octanol–water partition coefficient (Wildman–Crippen LogP) is 1.37. The van der Waals surface area contributed by atoms with Crippen LogP contribution in [0.2, 0.25) is 0 Å². The molecule has 0 saturated carbocycles. The molecule has 2 aliphatic rings. The van der Waals surface area contributed by atoms with E-state index < -0.39 is 0 Å². The van der Waals surface area contributed by atoms with Gasteiger partial charge in [0.25, 0.3) is 0 Å². The van der Waals surface area contributed by atoms with Gasteiger partial charge in [-0.25, -0.2) is 0 Å². The number of carbonyl (C=O) groups excluding carboxylic acids is 1. The van der Waals surface area contributed by atoms with Gasteiger partial charge >= 0.3 is 0 Å². The summed E-state index contributed by atoms with van der Waals surface area (Å²) in [4.78, 5) is 13.6. The highest BCUT2D eigenvalue weighted by Gasteiger charge is 2.34. The first kappa shape index (κ1) is 11.5. The van der Waals surface area contributed by atoms with Gasteiger partial charge in [0.15, 0.2) is 0 Å². The lowest BCUT2D eigenvalue weighted by molar-refractivity contribution is -0.114. The smallest absolute Gasteiger partial charge is 0.221 e. The van der Waals surface area contributed by atoms with E-state index in [2.05, 4.69) is 34.6 Å². The highest BCUT2D eigenvalue weighted by molar-refractivity contribution is 5.89. The average molecular weight is 245 g/mol. The zero-order valence-electron chi connectivity index (χ0n) is 10.9. The van der Waals surface area contributed by atoms with Crippen LogP contribution < -0.4 is 15.5 Å². The molecule has 1 unspecified atom stereocenters. The van der Waals surface area contributed by atoms with Crippen LogP contribution in [0.25, 0.3) is 0 Å². The number of fused-ring (bicyclic) bond motifs is 3.